The van der Waals surface area contributed by atoms with Crippen LogP contribution in [0.4, 0.5) is 0 Å². The summed E-state index contributed by atoms with van der Waals surface area (Å²) in [4.78, 5) is 15.2. The Morgan fingerprint density at radius 2 is 1.82 bits per heavy atom. The molecular weight excluding hydrogens is 296 g/mol. The van der Waals surface area contributed by atoms with Gasteiger partial charge in [0.25, 0.3) is 0 Å². The van der Waals surface area contributed by atoms with Gasteiger partial charge >= 0.3 is 0 Å². The maximum Gasteiger partial charge on any atom is 0.226 e. The highest BCUT2D eigenvalue weighted by atomic mass is 35.5. The van der Waals surface area contributed by atoms with Gasteiger partial charge in [0.1, 0.15) is 0 Å². The molecule has 0 atom stereocenters. The van der Waals surface area contributed by atoms with E-state index in [1.807, 2.05) is 24.3 Å². The van der Waals surface area contributed by atoms with Crippen molar-refractivity contribution in [2.75, 3.05) is 13.1 Å². The van der Waals surface area contributed by atoms with Crippen molar-refractivity contribution in [1.82, 2.24) is 10.2 Å². The molecule has 0 aromatic heterocycles. The lowest BCUT2D eigenvalue weighted by atomic mass is 9.95. The van der Waals surface area contributed by atoms with Crippen LogP contribution < -0.4 is 5.32 Å². The van der Waals surface area contributed by atoms with Crippen molar-refractivity contribution in [1.29, 1.82) is 0 Å². The summed E-state index contributed by atoms with van der Waals surface area (Å²) >= 11 is 6.32. The van der Waals surface area contributed by atoms with Gasteiger partial charge in [-0.05, 0) is 50.4 Å². The molecule has 1 aliphatic heterocycles. The van der Waals surface area contributed by atoms with Crippen LogP contribution in [-0.2, 0) is 11.3 Å². The first-order valence-electron chi connectivity index (χ1n) is 8.50. The fraction of sp³-hybridized carbons (Fsp3) is 0.611. The number of halogens is 1. The van der Waals surface area contributed by atoms with Crippen LogP contribution in [0.3, 0.4) is 0 Å². The predicted molar refractivity (Wildman–Crippen MR) is 89.9 cm³/mol. The topological polar surface area (TPSA) is 32.3 Å². The molecule has 120 valence electrons. The zero-order valence-electron chi connectivity index (χ0n) is 13.1. The van der Waals surface area contributed by atoms with E-state index < -0.39 is 0 Å². The second kappa shape index (κ2) is 7.47. The summed E-state index contributed by atoms with van der Waals surface area (Å²) in [6.45, 7) is 2.58. The normalized spacial score (nSPS) is 20.2. The minimum Gasteiger partial charge on any atom is -0.335 e. The zero-order chi connectivity index (χ0) is 15.4. The van der Waals surface area contributed by atoms with E-state index in [9.17, 15) is 4.79 Å². The maximum absolute atomic E-state index is 13.1. The SMILES string of the molecule is O=C(C1CCNCC1)N(Cc1ccccc1Cl)C1CCCC1. The lowest BCUT2D eigenvalue weighted by molar-refractivity contribution is -0.139. The Kier molecular flexibility index (Phi) is 5.37. The molecule has 22 heavy (non-hydrogen) atoms. The van der Waals surface area contributed by atoms with Crippen molar-refractivity contribution in [3.63, 3.8) is 0 Å². The van der Waals surface area contributed by atoms with Crippen molar-refractivity contribution < 1.29 is 4.79 Å². The van der Waals surface area contributed by atoms with Crippen LogP contribution in [-0.4, -0.2) is 29.9 Å². The van der Waals surface area contributed by atoms with E-state index in [4.69, 9.17) is 11.6 Å². The Hall–Kier alpha value is -1.06. The second-order valence-electron chi connectivity index (χ2n) is 6.52. The van der Waals surface area contributed by atoms with Crippen LogP contribution in [0.25, 0.3) is 0 Å². The number of hydrogen-bond donors (Lipinski definition) is 1. The summed E-state index contributed by atoms with van der Waals surface area (Å²) in [6.07, 6.45) is 6.68. The molecule has 0 unspecified atom stereocenters. The number of hydrogen-bond acceptors (Lipinski definition) is 2. The number of nitrogens with one attached hydrogen (secondary N) is 1. The lowest BCUT2D eigenvalue weighted by Crippen LogP contribution is -2.44. The van der Waals surface area contributed by atoms with Crippen molar-refractivity contribution in [2.24, 2.45) is 5.92 Å². The molecule has 1 heterocycles. The molecule has 1 N–H and O–H groups in total. The monoisotopic (exact) mass is 320 g/mol. The van der Waals surface area contributed by atoms with E-state index in [0.29, 0.717) is 18.5 Å². The average molecular weight is 321 g/mol. The summed E-state index contributed by atoms with van der Waals surface area (Å²) in [5.74, 6) is 0.526. The molecule has 0 spiro atoms. The molecule has 1 aromatic rings. The Balaban J connectivity index is 1.77. The van der Waals surface area contributed by atoms with E-state index in [1.165, 1.54) is 12.8 Å². The first kappa shape index (κ1) is 15.8. The molecule has 1 saturated heterocycles. The molecule has 4 heteroatoms. The van der Waals surface area contributed by atoms with E-state index in [2.05, 4.69) is 10.2 Å². The molecule has 3 rings (SSSR count). The third kappa shape index (κ3) is 3.64. The molecule has 0 radical (unpaired) electrons. The molecule has 2 fully saturated rings. The summed E-state index contributed by atoms with van der Waals surface area (Å²) in [5.41, 5.74) is 1.07. The van der Waals surface area contributed by atoms with Gasteiger partial charge in [0.2, 0.25) is 5.91 Å². The van der Waals surface area contributed by atoms with Gasteiger partial charge in [0.05, 0.1) is 0 Å². The number of carbonyl (C=O) groups excluding carboxylic acids is 1. The van der Waals surface area contributed by atoms with Crippen molar-refractivity contribution >= 4 is 17.5 Å². The van der Waals surface area contributed by atoms with Crippen molar-refractivity contribution in [2.45, 2.75) is 51.1 Å². The van der Waals surface area contributed by atoms with Gasteiger partial charge in [0, 0.05) is 23.5 Å². The molecule has 2 aliphatic rings. The quantitative estimate of drug-likeness (QED) is 0.919. The predicted octanol–water partition coefficient (Wildman–Crippen LogP) is 3.61. The summed E-state index contributed by atoms with van der Waals surface area (Å²) < 4.78 is 0. The Labute approximate surface area is 138 Å². The largest absolute Gasteiger partial charge is 0.335 e. The fourth-order valence-electron chi connectivity index (χ4n) is 3.72. The summed E-state index contributed by atoms with van der Waals surface area (Å²) in [7, 11) is 0. The van der Waals surface area contributed by atoms with Gasteiger partial charge in [-0.1, -0.05) is 42.6 Å². The number of nitrogens with zero attached hydrogens (tertiary/aromatic N) is 1. The minimum atomic E-state index is 0.185. The van der Waals surface area contributed by atoms with Crippen LogP contribution in [0, 0.1) is 5.92 Å². The molecule has 1 aromatic carbocycles. The smallest absolute Gasteiger partial charge is 0.226 e. The molecule has 1 aliphatic carbocycles. The summed E-state index contributed by atoms with van der Waals surface area (Å²) in [6, 6.07) is 8.31. The standard InChI is InChI=1S/C18H25ClN2O/c19-17-8-4-1-5-15(17)13-21(16-6-2-3-7-16)18(22)14-9-11-20-12-10-14/h1,4-5,8,14,16,20H,2-3,6-7,9-13H2. The van der Waals surface area contributed by atoms with Gasteiger partial charge in [0.15, 0.2) is 0 Å². The van der Waals surface area contributed by atoms with Crippen LogP contribution in [0.2, 0.25) is 5.02 Å². The number of carbonyl (C=O) groups is 1. The Bertz CT molecular complexity index is 508. The average Bonchev–Trinajstić information content (AvgIpc) is 3.08. The van der Waals surface area contributed by atoms with Crippen LogP contribution in [0.1, 0.15) is 44.1 Å². The number of amides is 1. The first-order chi connectivity index (χ1) is 10.8. The van der Waals surface area contributed by atoms with E-state index >= 15 is 0 Å². The third-order valence-electron chi connectivity index (χ3n) is 5.04. The summed E-state index contributed by atoms with van der Waals surface area (Å²) in [5, 5.41) is 4.11. The van der Waals surface area contributed by atoms with Crippen LogP contribution >= 0.6 is 11.6 Å². The molecule has 0 bridgehead atoms. The van der Waals surface area contributed by atoms with E-state index in [-0.39, 0.29) is 5.92 Å². The van der Waals surface area contributed by atoms with Gasteiger partial charge in [-0.15, -0.1) is 0 Å². The van der Waals surface area contributed by atoms with Gasteiger partial charge in [-0.2, -0.15) is 0 Å². The minimum absolute atomic E-state index is 0.185. The highest BCUT2D eigenvalue weighted by Crippen LogP contribution is 2.29. The second-order valence-corrected chi connectivity index (χ2v) is 6.93. The Morgan fingerprint density at radius 1 is 1.14 bits per heavy atom. The van der Waals surface area contributed by atoms with Gasteiger partial charge in [-0.3, -0.25) is 4.79 Å². The number of piperidine rings is 1. The van der Waals surface area contributed by atoms with Crippen molar-refractivity contribution in [3.8, 4) is 0 Å². The van der Waals surface area contributed by atoms with Crippen LogP contribution in [0.5, 0.6) is 0 Å². The third-order valence-corrected chi connectivity index (χ3v) is 5.40. The molecule has 1 amide bonds. The molecule has 3 nitrogen and oxygen atoms in total. The van der Waals surface area contributed by atoms with Gasteiger partial charge in [-0.25, -0.2) is 0 Å². The molecular formula is C18H25ClN2O. The van der Waals surface area contributed by atoms with E-state index in [0.717, 1.165) is 49.4 Å². The van der Waals surface area contributed by atoms with Crippen LogP contribution in [0.15, 0.2) is 24.3 Å². The fourth-order valence-corrected chi connectivity index (χ4v) is 3.91. The maximum atomic E-state index is 13.1. The lowest BCUT2D eigenvalue weighted by Gasteiger charge is -2.34. The molecule has 1 saturated carbocycles. The van der Waals surface area contributed by atoms with E-state index in [1.54, 1.807) is 0 Å². The zero-order valence-corrected chi connectivity index (χ0v) is 13.8. The Morgan fingerprint density at radius 3 is 2.50 bits per heavy atom. The van der Waals surface area contributed by atoms with Gasteiger partial charge < -0.3 is 10.2 Å². The highest BCUT2D eigenvalue weighted by Gasteiger charge is 2.32. The number of rotatable bonds is 4. The first-order valence-corrected chi connectivity index (χ1v) is 8.88. The number of benzene rings is 1. The van der Waals surface area contributed by atoms with Crippen molar-refractivity contribution in [3.05, 3.63) is 34.9 Å². The highest BCUT2D eigenvalue weighted by molar-refractivity contribution is 6.31.